The fourth-order valence-electron chi connectivity index (χ4n) is 3.05. The van der Waals surface area contributed by atoms with Crippen LogP contribution in [0.1, 0.15) is 5.56 Å². The van der Waals surface area contributed by atoms with Crippen LogP contribution in [0.3, 0.4) is 0 Å². The number of benzene rings is 2. The molecular formula is C18H10Cl2N2O6. The lowest BCUT2D eigenvalue weighted by Crippen LogP contribution is -2.34. The second kappa shape index (κ2) is 7.06. The van der Waals surface area contributed by atoms with Gasteiger partial charge in [0.2, 0.25) is 5.54 Å². The highest BCUT2D eigenvalue weighted by Gasteiger charge is 2.47. The number of nitro groups is 1. The molecule has 2 aromatic rings. The maximum Gasteiger partial charge on any atom is 0.341 e. The second-order valence-electron chi connectivity index (χ2n) is 5.80. The molecule has 1 aliphatic heterocycles. The predicted octanol–water partition coefficient (Wildman–Crippen LogP) is 2.31. The maximum atomic E-state index is 12.4. The number of halogens is 2. The number of fused-ring (bicyclic) bond motifs is 1. The number of hydrogen-bond donors (Lipinski definition) is 2. The highest BCUT2D eigenvalue weighted by Crippen LogP contribution is 2.39. The molecule has 142 valence electrons. The number of hydrogen-bond acceptors (Lipinski definition) is 5. The van der Waals surface area contributed by atoms with E-state index in [4.69, 9.17) is 28.3 Å². The molecule has 0 aromatic heterocycles. The Balaban J connectivity index is 2.47. The van der Waals surface area contributed by atoms with Crippen molar-refractivity contribution in [1.29, 1.82) is 0 Å². The molecule has 0 aliphatic carbocycles. The molecule has 8 nitrogen and oxygen atoms in total. The smallest absolute Gasteiger partial charge is 0.341 e. The molecule has 0 saturated carbocycles. The van der Waals surface area contributed by atoms with Gasteiger partial charge in [-0.15, -0.1) is 0 Å². The normalized spacial score (nSPS) is 18.0. The van der Waals surface area contributed by atoms with Crippen molar-refractivity contribution in [2.24, 2.45) is 4.99 Å². The summed E-state index contributed by atoms with van der Waals surface area (Å²) in [7, 11) is 0. The minimum absolute atomic E-state index is 0.0253. The van der Waals surface area contributed by atoms with Gasteiger partial charge in [0.05, 0.1) is 15.3 Å². The van der Waals surface area contributed by atoms with Gasteiger partial charge in [0.1, 0.15) is 0 Å². The van der Waals surface area contributed by atoms with E-state index in [1.54, 1.807) is 0 Å². The minimum Gasteiger partial charge on any atom is -0.479 e. The number of aliphatic carboxylic acids is 2. The summed E-state index contributed by atoms with van der Waals surface area (Å²) < 4.78 is 0. The lowest BCUT2D eigenvalue weighted by atomic mass is 9.82. The Morgan fingerprint density at radius 2 is 1.89 bits per heavy atom. The molecule has 1 unspecified atom stereocenters. The molecule has 0 saturated heterocycles. The average Bonchev–Trinajstić information content (AvgIpc) is 2.95. The number of carboxylic acid groups (broad SMARTS) is 2. The van der Waals surface area contributed by atoms with Crippen molar-refractivity contribution in [3.63, 3.8) is 0 Å². The summed E-state index contributed by atoms with van der Waals surface area (Å²) in [6, 6.07) is 7.73. The monoisotopic (exact) mass is 420 g/mol. The van der Waals surface area contributed by atoms with Crippen LogP contribution in [0.25, 0.3) is 5.57 Å². The van der Waals surface area contributed by atoms with Crippen molar-refractivity contribution in [3.8, 4) is 0 Å². The van der Waals surface area contributed by atoms with Crippen molar-refractivity contribution >= 4 is 46.4 Å². The van der Waals surface area contributed by atoms with Gasteiger partial charge in [0.15, 0.2) is 0 Å². The Morgan fingerprint density at radius 3 is 2.50 bits per heavy atom. The molecule has 1 atom stereocenters. The van der Waals surface area contributed by atoms with E-state index >= 15 is 0 Å². The van der Waals surface area contributed by atoms with Crippen LogP contribution < -0.4 is 10.6 Å². The summed E-state index contributed by atoms with van der Waals surface area (Å²) >= 11 is 12.2. The standard InChI is InChI=1S/C18H10Cl2N2O6/c19-10-7-13(20)16-12(4-5-15(23)24)18(17(25)26,21-14(16)8-10)9-2-1-3-11(6-9)22(27)28/h1-8H,(H,23,24)(H,25,26)/b5-4-. The Kier molecular flexibility index (Phi) is 4.93. The van der Waals surface area contributed by atoms with Crippen LogP contribution in [-0.4, -0.2) is 27.1 Å². The van der Waals surface area contributed by atoms with Crippen LogP contribution >= 0.6 is 23.2 Å². The summed E-state index contributed by atoms with van der Waals surface area (Å²) in [6.07, 6.45) is 1.82. The van der Waals surface area contributed by atoms with Gasteiger partial charge < -0.3 is 10.2 Å². The van der Waals surface area contributed by atoms with E-state index in [0.717, 1.165) is 18.2 Å². The number of carbonyl (C=O) groups is 2. The van der Waals surface area contributed by atoms with Crippen molar-refractivity contribution < 1.29 is 24.7 Å². The van der Waals surface area contributed by atoms with Gasteiger partial charge in [-0.1, -0.05) is 35.3 Å². The van der Waals surface area contributed by atoms with Crippen molar-refractivity contribution in [1.82, 2.24) is 0 Å². The molecule has 0 spiro atoms. The van der Waals surface area contributed by atoms with Gasteiger partial charge in [-0.2, -0.15) is 0 Å². The van der Waals surface area contributed by atoms with Crippen LogP contribution in [0.5, 0.6) is 0 Å². The van der Waals surface area contributed by atoms with E-state index in [9.17, 15) is 24.8 Å². The predicted molar refractivity (Wildman–Crippen MR) is 99.8 cm³/mol. The zero-order valence-corrected chi connectivity index (χ0v) is 15.3. The third-order valence-electron chi connectivity index (χ3n) is 4.16. The molecule has 0 bridgehead atoms. The topological polar surface area (TPSA) is 130 Å². The molecular weight excluding hydrogens is 411 g/mol. The van der Waals surface area contributed by atoms with Gasteiger partial charge >= 0.3 is 11.9 Å². The fourth-order valence-corrected chi connectivity index (χ4v) is 3.63. The molecule has 0 amide bonds. The maximum absolute atomic E-state index is 12.4. The van der Waals surface area contributed by atoms with Gasteiger partial charge in [-0.25, -0.2) is 9.59 Å². The first-order chi connectivity index (χ1) is 13.2. The second-order valence-corrected chi connectivity index (χ2v) is 6.65. The van der Waals surface area contributed by atoms with Gasteiger partial charge in [-0.3, -0.25) is 15.1 Å². The molecule has 0 fully saturated rings. The number of rotatable bonds is 5. The Morgan fingerprint density at radius 1 is 1.18 bits per heavy atom. The van der Waals surface area contributed by atoms with Crippen LogP contribution in [0, 0.1) is 10.1 Å². The summed E-state index contributed by atoms with van der Waals surface area (Å²) in [5, 5.41) is 30.8. The first-order valence-corrected chi connectivity index (χ1v) is 8.41. The van der Waals surface area contributed by atoms with E-state index in [0.29, 0.717) is 0 Å². The zero-order chi connectivity index (χ0) is 20.6. The van der Waals surface area contributed by atoms with Crippen LogP contribution in [0.4, 0.5) is 5.69 Å². The number of non-ortho nitro benzene ring substituents is 1. The van der Waals surface area contributed by atoms with E-state index in [-0.39, 0.29) is 37.4 Å². The lowest BCUT2D eigenvalue weighted by molar-refractivity contribution is -0.384. The molecule has 28 heavy (non-hydrogen) atoms. The first kappa shape index (κ1) is 19.5. The van der Waals surface area contributed by atoms with Crippen LogP contribution in [0.15, 0.2) is 53.5 Å². The van der Waals surface area contributed by atoms with E-state index in [1.807, 2.05) is 0 Å². The third-order valence-corrected chi connectivity index (χ3v) is 4.67. The molecule has 2 N–H and O–H groups in total. The molecule has 1 heterocycles. The highest BCUT2D eigenvalue weighted by molar-refractivity contribution is 6.34. The van der Waals surface area contributed by atoms with E-state index in [2.05, 4.69) is 4.99 Å². The van der Waals surface area contributed by atoms with E-state index in [1.165, 1.54) is 30.3 Å². The molecule has 2 aromatic carbocycles. The number of nitrogens with zero attached hydrogens (tertiary/aromatic N) is 2. The lowest BCUT2D eigenvalue weighted by Gasteiger charge is -2.24. The summed E-state index contributed by atoms with van der Waals surface area (Å²) in [4.78, 5) is 38.2. The van der Waals surface area contributed by atoms with Gasteiger partial charge in [0, 0.05) is 39.6 Å². The molecule has 1 aliphatic rings. The van der Waals surface area contributed by atoms with Crippen LogP contribution in [-0.2, 0) is 15.1 Å². The largest absolute Gasteiger partial charge is 0.479 e. The first-order valence-electron chi connectivity index (χ1n) is 7.66. The van der Waals surface area contributed by atoms with Crippen molar-refractivity contribution in [3.05, 3.63) is 84.8 Å². The fraction of sp³-hybridized carbons (Fsp3) is 0.0556. The number of nitro benzene ring substituents is 1. The van der Waals surface area contributed by atoms with Crippen molar-refractivity contribution in [2.75, 3.05) is 0 Å². The summed E-state index contributed by atoms with van der Waals surface area (Å²) in [6.45, 7) is 0. The summed E-state index contributed by atoms with van der Waals surface area (Å²) in [5.41, 5.74) is -2.54. The molecule has 0 radical (unpaired) electrons. The average molecular weight is 421 g/mol. The molecule has 10 heteroatoms. The third kappa shape index (κ3) is 3.12. The Bertz CT molecular complexity index is 1190. The Labute approximate surface area is 166 Å². The highest BCUT2D eigenvalue weighted by atomic mass is 35.5. The van der Waals surface area contributed by atoms with Gasteiger partial charge in [0.25, 0.3) is 5.69 Å². The summed E-state index contributed by atoms with van der Waals surface area (Å²) in [5.74, 6) is -2.77. The number of carboxylic acids is 2. The van der Waals surface area contributed by atoms with Crippen molar-refractivity contribution in [2.45, 2.75) is 5.54 Å². The Hall–Kier alpha value is -3.23. The quantitative estimate of drug-likeness (QED) is 0.433. The van der Waals surface area contributed by atoms with Gasteiger partial charge in [-0.05, 0) is 18.2 Å². The SMILES string of the molecule is O=C(O)/C=C\C1=c2c(Cl)cc(Cl)cc2=NC1(C(=O)O)c1cccc([N+](=O)[O-])c1. The minimum atomic E-state index is -2.13. The van der Waals surface area contributed by atoms with E-state index < -0.39 is 22.4 Å². The zero-order valence-electron chi connectivity index (χ0n) is 13.8. The molecule has 3 rings (SSSR count). The van der Waals surface area contributed by atoms with Crippen LogP contribution in [0.2, 0.25) is 10.0 Å².